The molecule has 4 amide bonds. The molecule has 39 heavy (non-hydrogen) atoms. The van der Waals surface area contributed by atoms with Crippen LogP contribution in [0.2, 0.25) is 5.02 Å². The van der Waals surface area contributed by atoms with Gasteiger partial charge in [-0.2, -0.15) is 0 Å². The maximum Gasteiger partial charge on any atom is 0.243 e. The second-order valence-corrected chi connectivity index (χ2v) is 10.6. The number of halogens is 1. The smallest absolute Gasteiger partial charge is 0.243 e. The van der Waals surface area contributed by atoms with Gasteiger partial charge >= 0.3 is 0 Å². The summed E-state index contributed by atoms with van der Waals surface area (Å²) >= 11 is 6.47. The number of unbranched alkanes of at least 4 members (excludes halogenated alkanes) is 1. The predicted molar refractivity (Wildman–Crippen MR) is 151 cm³/mol. The van der Waals surface area contributed by atoms with Crippen LogP contribution in [0.3, 0.4) is 0 Å². The largest absolute Gasteiger partial charge is 0.354 e. The van der Waals surface area contributed by atoms with Crippen molar-refractivity contribution in [2.24, 2.45) is 11.8 Å². The first-order valence-electron chi connectivity index (χ1n) is 13.8. The summed E-state index contributed by atoms with van der Waals surface area (Å²) in [6.45, 7) is 2.70. The number of benzene rings is 2. The van der Waals surface area contributed by atoms with Crippen LogP contribution in [0, 0.1) is 11.8 Å². The highest BCUT2D eigenvalue weighted by Crippen LogP contribution is 2.35. The van der Waals surface area contributed by atoms with Gasteiger partial charge in [0.2, 0.25) is 23.6 Å². The Hall–Kier alpha value is -3.45. The van der Waals surface area contributed by atoms with Gasteiger partial charge in [0, 0.05) is 37.5 Å². The molecule has 3 atom stereocenters. The molecule has 1 N–H and O–H groups in total. The Morgan fingerprint density at radius 1 is 1.00 bits per heavy atom. The monoisotopic (exact) mass is 549 g/mol. The zero-order chi connectivity index (χ0) is 27.8. The fourth-order valence-corrected chi connectivity index (χ4v) is 5.51. The molecule has 1 saturated heterocycles. The van der Waals surface area contributed by atoms with E-state index in [0.717, 1.165) is 24.0 Å². The number of nitrogens with zero attached hydrogens (tertiary/aromatic N) is 2. The zero-order valence-corrected chi connectivity index (χ0v) is 23.1. The number of imide groups is 1. The summed E-state index contributed by atoms with van der Waals surface area (Å²) in [7, 11) is 0. The molecule has 4 rings (SSSR count). The number of carbonyl (C=O) groups is 4. The fourth-order valence-electron chi connectivity index (χ4n) is 5.31. The first-order valence-corrected chi connectivity index (χ1v) is 14.1. The van der Waals surface area contributed by atoms with Gasteiger partial charge in [0.1, 0.15) is 6.04 Å². The van der Waals surface area contributed by atoms with E-state index in [0.29, 0.717) is 30.8 Å². The van der Waals surface area contributed by atoms with Crippen molar-refractivity contribution in [3.05, 3.63) is 82.9 Å². The minimum absolute atomic E-state index is 0.00195. The molecule has 8 heteroatoms. The lowest BCUT2D eigenvalue weighted by Gasteiger charge is -2.32. The van der Waals surface area contributed by atoms with Crippen LogP contribution in [0.5, 0.6) is 0 Å². The zero-order valence-electron chi connectivity index (χ0n) is 22.4. The molecule has 0 spiro atoms. The summed E-state index contributed by atoms with van der Waals surface area (Å²) in [4.78, 5) is 56.1. The van der Waals surface area contributed by atoms with Gasteiger partial charge in [0.25, 0.3) is 0 Å². The Morgan fingerprint density at radius 3 is 2.28 bits per heavy atom. The summed E-state index contributed by atoms with van der Waals surface area (Å²) in [5.41, 5.74) is 1.64. The van der Waals surface area contributed by atoms with Gasteiger partial charge in [0.15, 0.2) is 0 Å². The molecule has 1 heterocycles. The van der Waals surface area contributed by atoms with Crippen molar-refractivity contribution in [1.29, 1.82) is 0 Å². The topological polar surface area (TPSA) is 86.8 Å². The predicted octanol–water partition coefficient (Wildman–Crippen LogP) is 4.54. The maximum absolute atomic E-state index is 13.9. The fraction of sp³-hybridized carbons (Fsp3) is 0.419. The van der Waals surface area contributed by atoms with Crippen LogP contribution in [0.25, 0.3) is 0 Å². The summed E-state index contributed by atoms with van der Waals surface area (Å²) in [6, 6.07) is 16.0. The molecule has 7 nitrogen and oxygen atoms in total. The van der Waals surface area contributed by atoms with Crippen LogP contribution >= 0.6 is 11.6 Å². The number of hydrogen-bond acceptors (Lipinski definition) is 4. The Morgan fingerprint density at radius 2 is 1.64 bits per heavy atom. The average Bonchev–Trinajstić information content (AvgIpc) is 3.20. The highest BCUT2D eigenvalue weighted by atomic mass is 35.5. The van der Waals surface area contributed by atoms with Gasteiger partial charge in [-0.05, 0) is 36.5 Å². The number of rotatable bonds is 12. The normalized spacial score (nSPS) is 19.1. The van der Waals surface area contributed by atoms with Crippen molar-refractivity contribution >= 4 is 35.2 Å². The first-order chi connectivity index (χ1) is 18.9. The van der Waals surface area contributed by atoms with Gasteiger partial charge < -0.3 is 10.2 Å². The number of fused-ring (bicyclic) bond motifs is 1. The van der Waals surface area contributed by atoms with E-state index in [1.54, 1.807) is 11.0 Å². The molecule has 1 aliphatic carbocycles. The third-order valence-electron chi connectivity index (χ3n) is 7.55. The molecule has 206 valence electrons. The molecule has 1 aliphatic heterocycles. The van der Waals surface area contributed by atoms with E-state index < -0.39 is 6.04 Å². The number of nitrogens with one attached hydrogen (secondary N) is 1. The summed E-state index contributed by atoms with van der Waals surface area (Å²) in [5.74, 6) is -1.65. The average molecular weight is 550 g/mol. The number of amides is 4. The van der Waals surface area contributed by atoms with Crippen LogP contribution < -0.4 is 5.32 Å². The van der Waals surface area contributed by atoms with Crippen molar-refractivity contribution < 1.29 is 19.2 Å². The number of likely N-dealkylation sites (tertiary alicyclic amines) is 1. The van der Waals surface area contributed by atoms with Gasteiger partial charge in [0.05, 0.1) is 11.8 Å². The number of carbonyl (C=O) groups excluding carboxylic acids is 4. The van der Waals surface area contributed by atoms with E-state index in [1.165, 1.54) is 4.90 Å². The molecular weight excluding hydrogens is 514 g/mol. The van der Waals surface area contributed by atoms with E-state index in [2.05, 4.69) is 5.32 Å². The third kappa shape index (κ3) is 6.95. The van der Waals surface area contributed by atoms with Crippen molar-refractivity contribution in [3.63, 3.8) is 0 Å². The molecule has 0 aromatic heterocycles. The Labute approximate surface area is 235 Å². The molecular formula is C31H36ClN3O4. The summed E-state index contributed by atoms with van der Waals surface area (Å²) < 4.78 is 0. The van der Waals surface area contributed by atoms with Crippen molar-refractivity contribution in [2.75, 3.05) is 13.1 Å². The molecule has 1 fully saturated rings. The van der Waals surface area contributed by atoms with Crippen LogP contribution in [0.1, 0.15) is 50.2 Å². The number of allylic oxidation sites excluding steroid dienone is 2. The van der Waals surface area contributed by atoms with Crippen LogP contribution in [-0.2, 0) is 32.1 Å². The van der Waals surface area contributed by atoms with Crippen molar-refractivity contribution in [1.82, 2.24) is 15.1 Å². The molecule has 2 aliphatic rings. The Bertz CT molecular complexity index is 1190. The SMILES string of the molecule is CCCCNC(=O)[C@H](Cc1ccccc1)N(Cc1ccccc1Cl)C(=O)CCN1C(=O)[C@H]2CC=CC[C@H]2C1=O. The lowest BCUT2D eigenvalue weighted by atomic mass is 9.85. The van der Waals surface area contributed by atoms with Crippen molar-refractivity contribution in [2.45, 2.75) is 58.0 Å². The Balaban J connectivity index is 1.58. The highest BCUT2D eigenvalue weighted by molar-refractivity contribution is 6.31. The molecule has 0 unspecified atom stereocenters. The van der Waals surface area contributed by atoms with E-state index in [1.807, 2.05) is 67.6 Å². The third-order valence-corrected chi connectivity index (χ3v) is 7.92. The van der Waals surface area contributed by atoms with E-state index >= 15 is 0 Å². The van der Waals surface area contributed by atoms with Gasteiger partial charge in [-0.3, -0.25) is 24.1 Å². The van der Waals surface area contributed by atoms with Crippen LogP contribution in [-0.4, -0.2) is 52.6 Å². The molecule has 0 bridgehead atoms. The van der Waals surface area contributed by atoms with Gasteiger partial charge in [-0.1, -0.05) is 85.6 Å². The lowest BCUT2D eigenvalue weighted by molar-refractivity contribution is -0.144. The molecule has 0 saturated carbocycles. The van der Waals surface area contributed by atoms with Crippen LogP contribution in [0.4, 0.5) is 0 Å². The van der Waals surface area contributed by atoms with Crippen molar-refractivity contribution in [3.8, 4) is 0 Å². The van der Waals surface area contributed by atoms with Crippen LogP contribution in [0.15, 0.2) is 66.7 Å². The minimum atomic E-state index is -0.787. The highest BCUT2D eigenvalue weighted by Gasteiger charge is 2.47. The minimum Gasteiger partial charge on any atom is -0.354 e. The molecule has 0 radical (unpaired) electrons. The van der Waals surface area contributed by atoms with E-state index in [-0.39, 0.29) is 55.0 Å². The van der Waals surface area contributed by atoms with Gasteiger partial charge in [-0.15, -0.1) is 0 Å². The maximum atomic E-state index is 13.9. The Kier molecular flexibility index (Phi) is 9.93. The summed E-state index contributed by atoms with van der Waals surface area (Å²) in [5, 5.41) is 3.49. The van der Waals surface area contributed by atoms with Gasteiger partial charge in [-0.25, -0.2) is 0 Å². The quantitative estimate of drug-likeness (QED) is 0.239. The van der Waals surface area contributed by atoms with E-state index in [4.69, 9.17) is 11.6 Å². The summed E-state index contributed by atoms with van der Waals surface area (Å²) in [6.07, 6.45) is 7.01. The second kappa shape index (κ2) is 13.6. The lowest BCUT2D eigenvalue weighted by Crippen LogP contribution is -2.51. The molecule has 2 aromatic carbocycles. The standard InChI is InChI=1S/C31H36ClN3O4/c1-2-3-18-33-29(37)27(20-22-11-5-4-6-12-22)35(21-23-13-7-10-16-26(23)32)28(36)17-19-34-30(38)24-14-8-9-15-25(24)31(34)39/h4-13,16,24-25,27H,2-3,14-15,17-21H2,1H3,(H,33,37)/t24-,25+,27-/m0/s1. The number of hydrogen-bond donors (Lipinski definition) is 1. The molecule has 2 aromatic rings. The first kappa shape index (κ1) is 28.6. The van der Waals surface area contributed by atoms with E-state index in [9.17, 15) is 19.2 Å². The second-order valence-electron chi connectivity index (χ2n) is 10.2.